The van der Waals surface area contributed by atoms with Gasteiger partial charge < -0.3 is 4.42 Å². The van der Waals surface area contributed by atoms with Gasteiger partial charge in [-0.2, -0.15) is 0 Å². The molecule has 0 aliphatic rings. The Balaban J connectivity index is 1.64. The number of rotatable bonds is 3. The van der Waals surface area contributed by atoms with Crippen molar-refractivity contribution in [2.75, 3.05) is 0 Å². The van der Waals surface area contributed by atoms with E-state index in [0.29, 0.717) is 22.5 Å². The fourth-order valence-corrected chi connectivity index (χ4v) is 4.12. The van der Waals surface area contributed by atoms with E-state index in [1.54, 1.807) is 0 Å². The first kappa shape index (κ1) is 18.7. The molecule has 152 valence electrons. The molecule has 0 fully saturated rings. The van der Waals surface area contributed by atoms with Crippen LogP contribution in [0.3, 0.4) is 0 Å². The van der Waals surface area contributed by atoms with Crippen LogP contribution in [0, 0.1) is 0 Å². The standard InChI is InChI=1S/C27H16ClN3O/c28-22-15-6-4-12-20(22)26-29-25(17-9-2-1-3-10-17)30-27(31-26)21-14-8-13-19-18-11-5-7-16-23(18)32-24(19)21/h1-16H. The second-order valence-electron chi connectivity index (χ2n) is 7.43. The van der Waals surface area contributed by atoms with Gasteiger partial charge in [-0.3, -0.25) is 0 Å². The van der Waals surface area contributed by atoms with Gasteiger partial charge in [0.25, 0.3) is 0 Å². The summed E-state index contributed by atoms with van der Waals surface area (Å²) < 4.78 is 6.23. The Labute approximate surface area is 189 Å². The molecule has 0 bridgehead atoms. The van der Waals surface area contributed by atoms with E-state index in [0.717, 1.165) is 38.6 Å². The molecule has 0 saturated heterocycles. The molecule has 4 aromatic carbocycles. The molecular weight excluding hydrogens is 418 g/mol. The van der Waals surface area contributed by atoms with Crippen LogP contribution in [0.15, 0.2) is 101 Å². The van der Waals surface area contributed by atoms with Crippen molar-refractivity contribution in [3.8, 4) is 34.2 Å². The van der Waals surface area contributed by atoms with Crippen LogP contribution >= 0.6 is 11.6 Å². The molecule has 0 spiro atoms. The number of furan rings is 1. The van der Waals surface area contributed by atoms with E-state index in [2.05, 4.69) is 12.1 Å². The summed E-state index contributed by atoms with van der Waals surface area (Å²) in [7, 11) is 0. The van der Waals surface area contributed by atoms with Crippen molar-refractivity contribution in [3.63, 3.8) is 0 Å². The minimum absolute atomic E-state index is 0.521. The van der Waals surface area contributed by atoms with Gasteiger partial charge in [-0.05, 0) is 24.3 Å². The minimum atomic E-state index is 0.521. The topological polar surface area (TPSA) is 51.8 Å². The second-order valence-corrected chi connectivity index (χ2v) is 7.84. The SMILES string of the molecule is Clc1ccccc1-c1nc(-c2ccccc2)nc(-c2cccc3c2oc2ccccc23)n1. The Kier molecular flexibility index (Phi) is 4.44. The summed E-state index contributed by atoms with van der Waals surface area (Å²) in [5.74, 6) is 1.64. The van der Waals surface area contributed by atoms with Crippen LogP contribution in [0.1, 0.15) is 0 Å². The van der Waals surface area contributed by atoms with Crippen LogP contribution in [0.5, 0.6) is 0 Å². The first-order valence-corrected chi connectivity index (χ1v) is 10.6. The molecule has 0 atom stereocenters. The molecule has 0 unspecified atom stereocenters. The fraction of sp³-hybridized carbons (Fsp3) is 0. The van der Waals surface area contributed by atoms with Crippen LogP contribution in [-0.2, 0) is 0 Å². The third-order valence-electron chi connectivity index (χ3n) is 5.43. The number of aromatic nitrogens is 3. The zero-order chi connectivity index (χ0) is 21.5. The van der Waals surface area contributed by atoms with Gasteiger partial charge in [0, 0.05) is 21.9 Å². The first-order chi connectivity index (χ1) is 15.8. The van der Waals surface area contributed by atoms with E-state index < -0.39 is 0 Å². The first-order valence-electron chi connectivity index (χ1n) is 10.2. The molecule has 2 heterocycles. The van der Waals surface area contributed by atoms with Crippen molar-refractivity contribution < 1.29 is 4.42 Å². The maximum atomic E-state index is 6.49. The predicted octanol–water partition coefficient (Wildman–Crippen LogP) is 7.43. The molecule has 0 N–H and O–H groups in total. The van der Waals surface area contributed by atoms with Gasteiger partial charge in [-0.15, -0.1) is 0 Å². The molecular formula is C27H16ClN3O. The zero-order valence-corrected chi connectivity index (χ0v) is 17.6. The zero-order valence-electron chi connectivity index (χ0n) is 16.9. The van der Waals surface area contributed by atoms with Crippen LogP contribution in [0.25, 0.3) is 56.1 Å². The third kappa shape index (κ3) is 3.13. The molecule has 0 aliphatic carbocycles. The number of hydrogen-bond acceptors (Lipinski definition) is 4. The number of para-hydroxylation sites is 2. The number of hydrogen-bond donors (Lipinski definition) is 0. The van der Waals surface area contributed by atoms with Crippen LogP contribution in [0.4, 0.5) is 0 Å². The summed E-state index contributed by atoms with van der Waals surface area (Å²) >= 11 is 6.49. The van der Waals surface area contributed by atoms with E-state index in [-0.39, 0.29) is 0 Å². The minimum Gasteiger partial charge on any atom is -0.455 e. The highest BCUT2D eigenvalue weighted by Crippen LogP contribution is 2.36. The highest BCUT2D eigenvalue weighted by Gasteiger charge is 2.18. The molecule has 32 heavy (non-hydrogen) atoms. The maximum Gasteiger partial charge on any atom is 0.167 e. The summed E-state index contributed by atoms with van der Waals surface area (Å²) in [5.41, 5.74) is 4.06. The number of halogens is 1. The fourth-order valence-electron chi connectivity index (χ4n) is 3.90. The van der Waals surface area contributed by atoms with E-state index >= 15 is 0 Å². The highest BCUT2D eigenvalue weighted by molar-refractivity contribution is 6.33. The van der Waals surface area contributed by atoms with E-state index in [9.17, 15) is 0 Å². The van der Waals surface area contributed by atoms with Crippen LogP contribution in [0.2, 0.25) is 5.02 Å². The summed E-state index contributed by atoms with van der Waals surface area (Å²) in [6, 6.07) is 31.5. The Morgan fingerprint density at radius 1 is 0.531 bits per heavy atom. The molecule has 6 aromatic rings. The summed E-state index contributed by atoms with van der Waals surface area (Å²) in [5, 5.41) is 2.68. The van der Waals surface area contributed by atoms with Gasteiger partial charge in [-0.1, -0.05) is 84.4 Å². The Bertz CT molecular complexity index is 1590. The van der Waals surface area contributed by atoms with Gasteiger partial charge >= 0.3 is 0 Å². The molecule has 0 aliphatic heterocycles. The van der Waals surface area contributed by atoms with Gasteiger partial charge in [0.2, 0.25) is 0 Å². The van der Waals surface area contributed by atoms with Crippen LogP contribution in [-0.4, -0.2) is 15.0 Å². The predicted molar refractivity (Wildman–Crippen MR) is 128 cm³/mol. The lowest BCUT2D eigenvalue weighted by Gasteiger charge is -2.09. The second kappa shape index (κ2) is 7.59. The van der Waals surface area contributed by atoms with Gasteiger partial charge in [0.1, 0.15) is 11.2 Å². The molecule has 0 amide bonds. The number of nitrogens with zero attached hydrogens (tertiary/aromatic N) is 3. The van der Waals surface area contributed by atoms with Crippen molar-refractivity contribution in [2.24, 2.45) is 0 Å². The van der Waals surface area contributed by atoms with Crippen molar-refractivity contribution >= 4 is 33.5 Å². The summed E-state index contributed by atoms with van der Waals surface area (Å²) in [6.45, 7) is 0. The Hall–Kier alpha value is -4.02. The average molecular weight is 434 g/mol. The number of fused-ring (bicyclic) bond motifs is 3. The quantitative estimate of drug-likeness (QED) is 0.291. The van der Waals surface area contributed by atoms with Crippen molar-refractivity contribution in [3.05, 3.63) is 102 Å². The number of benzene rings is 4. The van der Waals surface area contributed by atoms with Crippen LogP contribution < -0.4 is 0 Å². The van der Waals surface area contributed by atoms with Crippen molar-refractivity contribution in [1.82, 2.24) is 15.0 Å². The van der Waals surface area contributed by atoms with E-state index in [1.807, 2.05) is 84.9 Å². The normalized spacial score (nSPS) is 11.3. The van der Waals surface area contributed by atoms with Crippen molar-refractivity contribution in [2.45, 2.75) is 0 Å². The van der Waals surface area contributed by atoms with Crippen molar-refractivity contribution in [1.29, 1.82) is 0 Å². The van der Waals surface area contributed by atoms with Gasteiger partial charge in [0.15, 0.2) is 17.5 Å². The largest absolute Gasteiger partial charge is 0.455 e. The summed E-state index contributed by atoms with van der Waals surface area (Å²) in [4.78, 5) is 14.4. The highest BCUT2D eigenvalue weighted by atomic mass is 35.5. The average Bonchev–Trinajstić information content (AvgIpc) is 3.23. The summed E-state index contributed by atoms with van der Waals surface area (Å²) in [6.07, 6.45) is 0. The lowest BCUT2D eigenvalue weighted by atomic mass is 10.1. The Morgan fingerprint density at radius 3 is 2.00 bits per heavy atom. The maximum absolute atomic E-state index is 6.49. The Morgan fingerprint density at radius 2 is 1.16 bits per heavy atom. The lowest BCUT2D eigenvalue weighted by molar-refractivity contribution is 0.669. The molecule has 2 aromatic heterocycles. The molecule has 5 heteroatoms. The smallest absolute Gasteiger partial charge is 0.167 e. The molecule has 0 saturated carbocycles. The molecule has 4 nitrogen and oxygen atoms in total. The molecule has 0 radical (unpaired) electrons. The van der Waals surface area contributed by atoms with Gasteiger partial charge in [-0.25, -0.2) is 15.0 Å². The monoisotopic (exact) mass is 433 g/mol. The lowest BCUT2D eigenvalue weighted by Crippen LogP contribution is -2.00. The molecule has 6 rings (SSSR count). The van der Waals surface area contributed by atoms with E-state index in [4.69, 9.17) is 31.0 Å². The van der Waals surface area contributed by atoms with E-state index in [1.165, 1.54) is 0 Å². The van der Waals surface area contributed by atoms with Gasteiger partial charge in [0.05, 0.1) is 10.6 Å². The third-order valence-corrected chi connectivity index (χ3v) is 5.76.